The summed E-state index contributed by atoms with van der Waals surface area (Å²) >= 11 is 0. The highest BCUT2D eigenvalue weighted by Gasteiger charge is 2.71. The molecule has 2 spiro atoms. The Morgan fingerprint density at radius 3 is 1.89 bits per heavy atom. The molecule has 8 saturated heterocycles. The Labute approximate surface area is 324 Å². The van der Waals surface area contributed by atoms with Gasteiger partial charge in [0.25, 0.3) is 0 Å². The van der Waals surface area contributed by atoms with Crippen molar-refractivity contribution in [3.63, 3.8) is 0 Å². The van der Waals surface area contributed by atoms with E-state index in [0.29, 0.717) is 30.4 Å². The maximum atomic E-state index is 13.3. The summed E-state index contributed by atoms with van der Waals surface area (Å²) in [6.07, 6.45) is -1.12. The molecule has 8 heterocycles. The fraction of sp³-hybridized carbons (Fsp3) is 0.800. The summed E-state index contributed by atoms with van der Waals surface area (Å²) in [6, 6.07) is 4.75. The molecule has 1 N–H and O–H groups in total. The van der Waals surface area contributed by atoms with Crippen LogP contribution in [0.15, 0.2) is 29.4 Å². The number of hydrogen-bond donors (Lipinski definition) is 1. The number of ether oxygens (including phenoxy) is 5. The molecular formula is C40H53F3N2O11. The molecule has 0 radical (unpaired) electrons. The van der Waals surface area contributed by atoms with E-state index in [4.69, 9.17) is 43.3 Å². The number of rotatable bonds is 6. The van der Waals surface area contributed by atoms with Gasteiger partial charge in [-0.05, 0) is 112 Å². The van der Waals surface area contributed by atoms with E-state index >= 15 is 0 Å². The first kappa shape index (κ1) is 38.9. The van der Waals surface area contributed by atoms with Gasteiger partial charge in [0.05, 0.1) is 11.8 Å². The second-order valence-electron chi connectivity index (χ2n) is 18.1. The van der Waals surface area contributed by atoms with Crippen LogP contribution in [0.4, 0.5) is 23.7 Å². The molecule has 56 heavy (non-hydrogen) atoms. The molecule has 1 aromatic rings. The fourth-order valence-corrected chi connectivity index (χ4v) is 11.9. The lowest BCUT2D eigenvalue weighted by Crippen LogP contribution is -2.71. The second kappa shape index (κ2) is 13.7. The van der Waals surface area contributed by atoms with Gasteiger partial charge in [-0.3, -0.25) is 10.2 Å². The molecule has 0 aromatic heterocycles. The number of fused-ring (bicyclic) bond motifs is 4. The molecule has 16 heteroatoms. The summed E-state index contributed by atoms with van der Waals surface area (Å²) in [6.45, 7) is 12.6. The zero-order valence-electron chi connectivity index (χ0n) is 32.7. The number of carbonyl (C=O) groups is 1. The van der Waals surface area contributed by atoms with Crippen molar-refractivity contribution in [2.45, 2.75) is 153 Å². The number of hydrogen-bond acceptors (Lipinski definition) is 12. The predicted octanol–water partition coefficient (Wildman–Crippen LogP) is 8.38. The minimum atomic E-state index is -4.84. The summed E-state index contributed by atoms with van der Waals surface area (Å²) in [4.78, 5) is 43.7. The summed E-state index contributed by atoms with van der Waals surface area (Å²) < 4.78 is 69.3. The number of benzene rings is 1. The molecule has 11 rings (SSSR count). The normalized spacial score (nSPS) is 48.2. The lowest BCUT2D eigenvalue weighted by molar-refractivity contribution is -0.571. The molecule has 13 nitrogen and oxygen atoms in total. The second-order valence-corrected chi connectivity index (χ2v) is 18.1. The molecule has 310 valence electrons. The van der Waals surface area contributed by atoms with Crippen molar-refractivity contribution in [3.8, 4) is 5.75 Å². The minimum absolute atomic E-state index is 0.0217. The Balaban J connectivity index is 1.02. The molecule has 1 aromatic carbocycles. The third kappa shape index (κ3) is 6.36. The van der Waals surface area contributed by atoms with Gasteiger partial charge >= 0.3 is 12.5 Å². The van der Waals surface area contributed by atoms with Gasteiger partial charge in [-0.15, -0.1) is 13.2 Å². The van der Waals surface area contributed by atoms with Gasteiger partial charge in [-0.1, -0.05) is 32.9 Å². The molecule has 2 saturated carbocycles. The number of nitrogens with one attached hydrogen (secondary N) is 1. The van der Waals surface area contributed by atoms with Crippen LogP contribution in [0.5, 0.6) is 5.75 Å². The van der Waals surface area contributed by atoms with Crippen LogP contribution in [-0.4, -0.2) is 65.7 Å². The van der Waals surface area contributed by atoms with Crippen LogP contribution in [0.2, 0.25) is 0 Å². The van der Waals surface area contributed by atoms with Crippen molar-refractivity contribution in [3.05, 3.63) is 24.3 Å². The van der Waals surface area contributed by atoms with Gasteiger partial charge < -0.3 is 23.7 Å². The lowest BCUT2D eigenvalue weighted by atomic mass is 9.56. The van der Waals surface area contributed by atoms with Gasteiger partial charge in [0, 0.05) is 36.8 Å². The van der Waals surface area contributed by atoms with Crippen LogP contribution in [0.25, 0.3) is 0 Å². The van der Waals surface area contributed by atoms with Crippen LogP contribution in [0.3, 0.4) is 0 Å². The highest BCUT2D eigenvalue weighted by atomic mass is 19.4. The first-order valence-electron chi connectivity index (χ1n) is 20.3. The molecule has 10 aliphatic rings. The van der Waals surface area contributed by atoms with Crippen LogP contribution >= 0.6 is 0 Å². The molecule has 8 aliphatic heterocycles. The highest BCUT2D eigenvalue weighted by molar-refractivity contribution is 5.91. The van der Waals surface area contributed by atoms with E-state index in [0.717, 1.165) is 50.7 Å². The largest absolute Gasteiger partial charge is 0.573 e. The van der Waals surface area contributed by atoms with Crippen LogP contribution in [-0.2, 0) is 43.3 Å². The van der Waals surface area contributed by atoms with Crippen LogP contribution in [0, 0.1) is 47.3 Å². The van der Waals surface area contributed by atoms with Crippen molar-refractivity contribution in [1.82, 2.24) is 0 Å². The average Bonchev–Trinajstić information content (AvgIpc) is 3.52. The topological polar surface area (TPSA) is 134 Å². The van der Waals surface area contributed by atoms with Crippen molar-refractivity contribution < 1.29 is 66.0 Å². The smallest absolute Gasteiger partial charge is 0.406 e. The van der Waals surface area contributed by atoms with Gasteiger partial charge in [0.15, 0.2) is 23.8 Å². The van der Waals surface area contributed by atoms with E-state index in [2.05, 4.69) is 42.9 Å². The van der Waals surface area contributed by atoms with Gasteiger partial charge in [-0.25, -0.2) is 24.3 Å². The van der Waals surface area contributed by atoms with Crippen LogP contribution < -0.4 is 10.1 Å². The Morgan fingerprint density at radius 1 is 0.768 bits per heavy atom. The number of nitrogens with zero attached hydrogens (tertiary/aromatic N) is 1. The SMILES string of the molecule is C[C@H]1[C@@H](/C(C[C@H]2O[C@@H]3O[C@]4(C)CC[C@H]5[C@H](C)CC[C@@H]([C@H]2C)[C@@]35OO4)=N\OC(=O)Nc2ccc(OC(F)(F)F)cc2)O[C@@H]2O[C@]3(C)CC[C@H]4[C@H](C)CC[C@@H]1[C@@]24OO3. The molecule has 0 unspecified atom stereocenters. The number of halogens is 3. The quantitative estimate of drug-likeness (QED) is 0.129. The minimum Gasteiger partial charge on any atom is -0.406 e. The van der Waals surface area contributed by atoms with Crippen molar-refractivity contribution in [2.75, 3.05) is 5.32 Å². The summed E-state index contributed by atoms with van der Waals surface area (Å²) in [5.41, 5.74) is -0.929. The molecule has 2 aliphatic carbocycles. The lowest BCUT2D eigenvalue weighted by Gasteiger charge is -2.61. The third-order valence-corrected chi connectivity index (χ3v) is 14.8. The summed E-state index contributed by atoms with van der Waals surface area (Å²) in [5, 5.41) is 7.07. The van der Waals surface area contributed by atoms with Crippen molar-refractivity contribution in [2.24, 2.45) is 52.5 Å². The van der Waals surface area contributed by atoms with Crippen LogP contribution in [0.1, 0.15) is 99.3 Å². The number of anilines is 1. The maximum absolute atomic E-state index is 13.3. The van der Waals surface area contributed by atoms with Crippen molar-refractivity contribution in [1.29, 1.82) is 0 Å². The average molecular weight is 795 g/mol. The van der Waals surface area contributed by atoms with E-state index in [-0.39, 0.29) is 47.6 Å². The number of amides is 1. The zero-order valence-corrected chi connectivity index (χ0v) is 32.7. The predicted molar refractivity (Wildman–Crippen MR) is 189 cm³/mol. The number of carbonyl (C=O) groups excluding carboxylic acids is 1. The molecule has 16 atom stereocenters. The Hall–Kier alpha value is -2.57. The monoisotopic (exact) mass is 794 g/mol. The highest BCUT2D eigenvalue weighted by Crippen LogP contribution is 2.63. The molecule has 1 amide bonds. The van der Waals surface area contributed by atoms with Gasteiger partial charge in [-0.2, -0.15) is 0 Å². The third-order valence-electron chi connectivity index (χ3n) is 14.8. The Kier molecular flexibility index (Phi) is 9.56. The van der Waals surface area contributed by atoms with Gasteiger partial charge in [0.2, 0.25) is 11.6 Å². The summed E-state index contributed by atoms with van der Waals surface area (Å²) in [5.74, 6) is -1.39. The Morgan fingerprint density at radius 2 is 1.32 bits per heavy atom. The number of oxime groups is 1. The standard InChI is InChI=1S/C40H53F3N2O11/c1-20-7-13-28-22(3)31(47-33-38(28)26(20)15-17-36(5,50-33)53-55-38)19-30(45-52-35(46)44-24-9-11-25(12-10-24)49-40(41,42)43)32-23(4)29-14-8-21(2)27-16-18-37(6)51-34(48-32)39(27,29)56-54-37/h9-12,20-23,26-29,31-34H,7-8,13-19H2,1-6H3,(H,44,46)/b45-30-/t20-,21-,22-,23-,26+,27+,28+,29+,31-,32+,33-,34-,36+,37+,38-,39-/m1/s1. The first-order valence-corrected chi connectivity index (χ1v) is 20.3. The van der Waals surface area contributed by atoms with E-state index < -0.39 is 65.8 Å². The zero-order chi connectivity index (χ0) is 39.4. The van der Waals surface area contributed by atoms with Gasteiger partial charge in [0.1, 0.15) is 11.9 Å². The first-order chi connectivity index (χ1) is 26.5. The maximum Gasteiger partial charge on any atom is 0.573 e. The Bertz CT molecular complexity index is 1700. The van der Waals surface area contributed by atoms with E-state index in [9.17, 15) is 18.0 Å². The number of alkyl halides is 3. The molecule has 4 bridgehead atoms. The van der Waals surface area contributed by atoms with E-state index in [1.807, 2.05) is 13.8 Å². The van der Waals surface area contributed by atoms with E-state index in [1.165, 1.54) is 12.1 Å². The molecular weight excluding hydrogens is 741 g/mol. The van der Waals surface area contributed by atoms with Crippen molar-refractivity contribution >= 4 is 17.5 Å². The fourth-order valence-electron chi connectivity index (χ4n) is 11.9. The summed E-state index contributed by atoms with van der Waals surface area (Å²) in [7, 11) is 0. The molecule has 10 fully saturated rings. The van der Waals surface area contributed by atoms with E-state index in [1.54, 1.807) is 0 Å².